The Morgan fingerprint density at radius 2 is 1.26 bits per heavy atom. The van der Waals surface area contributed by atoms with Crippen molar-refractivity contribution in [2.24, 2.45) is 0 Å². The Balaban J connectivity index is 2.13. The number of H-pyrrole nitrogens is 1. The minimum atomic E-state index is -5.40. The summed E-state index contributed by atoms with van der Waals surface area (Å²) in [7, 11) is -1.28. The molecule has 18 nitrogen and oxygen atoms in total. The highest BCUT2D eigenvalue weighted by Gasteiger charge is 2.53. The lowest BCUT2D eigenvalue weighted by Gasteiger charge is -2.40. The maximum atomic E-state index is 13.4. The van der Waals surface area contributed by atoms with E-state index >= 15 is 0 Å². The summed E-state index contributed by atoms with van der Waals surface area (Å²) in [6, 6.07) is 0. The molecule has 4 atom stereocenters. The predicted molar refractivity (Wildman–Crippen MR) is 225 cm³/mol. The summed E-state index contributed by atoms with van der Waals surface area (Å²) in [5.41, 5.74) is -1.83. The molecule has 1 saturated heterocycles. The number of alkyl halides is 9. The third kappa shape index (κ3) is 18.2. The molecule has 2 rings (SSSR count). The Morgan fingerprint density at radius 1 is 0.750 bits per heavy atom. The summed E-state index contributed by atoms with van der Waals surface area (Å²) in [6.07, 6.45) is -20.8. The van der Waals surface area contributed by atoms with Gasteiger partial charge in [0.25, 0.3) is 5.56 Å². The largest absolute Gasteiger partial charge is 0.471 e. The minimum Gasteiger partial charge on any atom is -0.457 e. The van der Waals surface area contributed by atoms with Gasteiger partial charge in [-0.25, -0.2) is 4.79 Å². The van der Waals surface area contributed by atoms with Crippen molar-refractivity contribution in [1.82, 2.24) is 35.3 Å². The molecule has 4 N–H and O–H groups in total. The second-order valence-electron chi connectivity index (χ2n) is 17.4. The number of amides is 5. The Bertz CT molecular complexity index is 2020. The van der Waals surface area contributed by atoms with Crippen LogP contribution < -0.4 is 27.2 Å². The van der Waals surface area contributed by atoms with Crippen LogP contribution >= 0.6 is 0 Å². The molecule has 1 aromatic rings. The van der Waals surface area contributed by atoms with Gasteiger partial charge in [-0.3, -0.25) is 43.1 Å². The molecule has 0 aliphatic carbocycles. The molecule has 388 valence electrons. The first-order valence-corrected chi connectivity index (χ1v) is 24.6. The normalized spacial score (nSPS) is 17.9. The van der Waals surface area contributed by atoms with Gasteiger partial charge in [-0.05, 0) is 50.2 Å². The summed E-state index contributed by atoms with van der Waals surface area (Å²) < 4.78 is 137. The van der Waals surface area contributed by atoms with Gasteiger partial charge in [0.15, 0.2) is 14.4 Å². The Hall–Kier alpha value is -4.99. The molecular formula is C40H60F9N7O11Si. The van der Waals surface area contributed by atoms with Crippen molar-refractivity contribution in [2.75, 3.05) is 46.3 Å². The van der Waals surface area contributed by atoms with E-state index < -0.39 is 138 Å². The molecule has 2 heterocycles. The van der Waals surface area contributed by atoms with E-state index in [0.29, 0.717) is 11.3 Å². The highest BCUT2D eigenvalue weighted by Crippen LogP contribution is 2.44. The van der Waals surface area contributed by atoms with E-state index in [1.807, 2.05) is 33.9 Å². The standard InChI is InChI=1S/C40H60F9N7O11Si/c1-8-25-30(66-28(59)14-13-26(57)50-5)31(67-68(6,7)37(2,3)4)29(65-25)24-23-56(36(64)53-32(24)60)22-15-27(58)51-16-11-20-54(34(62)39(44,45)46)18-9-10-19-55(35(63)40(47,48)49)21-12-17-52-33(61)38(41,42)43/h23,25,29-31H,8-22H2,1-7H3,(H,50,57)(H,51,58)(H,52,61)(H,53,60,64)/t25-,29+,30?,31-/m1/s1. The Labute approximate surface area is 386 Å². The minimum absolute atomic E-state index is 0.0833. The molecular weight excluding hydrogens is 954 g/mol. The average Bonchev–Trinajstić information content (AvgIpc) is 3.55. The molecule has 5 amide bonds. The van der Waals surface area contributed by atoms with Crippen molar-refractivity contribution >= 4 is 43.8 Å². The number of aromatic amines is 1. The van der Waals surface area contributed by atoms with Crippen molar-refractivity contribution in [1.29, 1.82) is 0 Å². The number of hydrogen-bond acceptors (Lipinski definition) is 11. The topological polar surface area (TPSA) is 228 Å². The van der Waals surface area contributed by atoms with E-state index in [0.717, 1.165) is 4.57 Å². The number of nitrogens with zero attached hydrogens (tertiary/aromatic N) is 3. The lowest BCUT2D eigenvalue weighted by Crippen LogP contribution is -2.49. The van der Waals surface area contributed by atoms with Crippen molar-refractivity contribution < 1.29 is 82.2 Å². The predicted octanol–water partition coefficient (Wildman–Crippen LogP) is 3.74. The summed E-state index contributed by atoms with van der Waals surface area (Å²) in [6.45, 7) is 7.46. The van der Waals surface area contributed by atoms with Crippen LogP contribution in [-0.2, 0) is 49.2 Å². The van der Waals surface area contributed by atoms with Gasteiger partial charge in [-0.2, -0.15) is 39.5 Å². The lowest BCUT2D eigenvalue weighted by atomic mass is 10.0. The molecule has 1 aromatic heterocycles. The fraction of sp³-hybridized carbons (Fsp3) is 0.750. The summed E-state index contributed by atoms with van der Waals surface area (Å²) in [4.78, 5) is 102. The van der Waals surface area contributed by atoms with Gasteiger partial charge in [-0.15, -0.1) is 0 Å². The first-order chi connectivity index (χ1) is 31.2. The monoisotopic (exact) mass is 1010 g/mol. The van der Waals surface area contributed by atoms with Gasteiger partial charge in [0.2, 0.25) is 11.8 Å². The summed E-state index contributed by atoms with van der Waals surface area (Å²) >= 11 is 0. The lowest BCUT2D eigenvalue weighted by molar-refractivity contribution is -0.186. The van der Waals surface area contributed by atoms with Crippen LogP contribution in [0.15, 0.2) is 15.8 Å². The van der Waals surface area contributed by atoms with Crippen LogP contribution in [0.5, 0.6) is 0 Å². The van der Waals surface area contributed by atoms with E-state index in [9.17, 15) is 77.9 Å². The number of rotatable bonds is 24. The van der Waals surface area contributed by atoms with Gasteiger partial charge < -0.3 is 39.6 Å². The smallest absolute Gasteiger partial charge is 0.457 e. The van der Waals surface area contributed by atoms with Gasteiger partial charge in [0.1, 0.15) is 12.2 Å². The molecule has 1 aliphatic rings. The van der Waals surface area contributed by atoms with Crippen molar-refractivity contribution in [3.63, 3.8) is 0 Å². The van der Waals surface area contributed by atoms with E-state index in [1.165, 1.54) is 18.6 Å². The van der Waals surface area contributed by atoms with Crippen LogP contribution in [0.2, 0.25) is 18.1 Å². The number of nitrogens with one attached hydrogen (secondary N) is 4. The van der Waals surface area contributed by atoms with E-state index in [4.69, 9.17) is 13.9 Å². The van der Waals surface area contributed by atoms with Crippen LogP contribution in [0.3, 0.4) is 0 Å². The number of halogens is 9. The zero-order chi connectivity index (χ0) is 52.0. The number of carbonyl (C=O) groups excluding carboxylic acids is 6. The van der Waals surface area contributed by atoms with Crippen molar-refractivity contribution in [3.8, 4) is 0 Å². The summed E-state index contributed by atoms with van der Waals surface area (Å²) in [5, 5.41) is 5.93. The highest BCUT2D eigenvalue weighted by molar-refractivity contribution is 6.74. The van der Waals surface area contributed by atoms with Gasteiger partial charge in [0.05, 0.1) is 18.1 Å². The number of carbonyl (C=O) groups is 6. The van der Waals surface area contributed by atoms with Gasteiger partial charge in [-0.1, -0.05) is 27.7 Å². The zero-order valence-electron chi connectivity index (χ0n) is 38.7. The molecule has 68 heavy (non-hydrogen) atoms. The molecule has 0 spiro atoms. The number of hydrogen-bond donors (Lipinski definition) is 4. The fourth-order valence-electron chi connectivity index (χ4n) is 6.51. The number of aromatic nitrogens is 2. The molecule has 0 saturated carbocycles. The van der Waals surface area contributed by atoms with Crippen LogP contribution in [0.1, 0.15) is 90.7 Å². The van der Waals surface area contributed by atoms with Gasteiger partial charge in [0, 0.05) is 71.9 Å². The third-order valence-electron chi connectivity index (χ3n) is 11.2. The molecule has 1 unspecified atom stereocenters. The van der Waals surface area contributed by atoms with Gasteiger partial charge >= 0.3 is 47.9 Å². The van der Waals surface area contributed by atoms with E-state index in [1.54, 1.807) is 6.92 Å². The second kappa shape index (κ2) is 25.0. The zero-order valence-corrected chi connectivity index (χ0v) is 39.7. The summed E-state index contributed by atoms with van der Waals surface area (Å²) in [5.74, 6) is -8.81. The number of esters is 1. The first-order valence-electron chi connectivity index (χ1n) is 21.7. The molecule has 0 radical (unpaired) electrons. The second-order valence-corrected chi connectivity index (χ2v) is 22.1. The number of ether oxygens (including phenoxy) is 2. The number of aryl methyl sites for hydroxylation is 1. The Morgan fingerprint density at radius 3 is 1.74 bits per heavy atom. The van der Waals surface area contributed by atoms with E-state index in [-0.39, 0.29) is 66.6 Å². The van der Waals surface area contributed by atoms with Crippen molar-refractivity contribution in [3.05, 3.63) is 32.6 Å². The molecule has 1 aliphatic heterocycles. The SMILES string of the molecule is CC[C@H]1O[C@@H](c2cn(CCC(=O)NCCCN(CCCCN(CCCNC(=O)C(F)(F)F)C(=O)C(F)(F)F)C(=O)C(F)(F)F)c(=O)[nH]c2=O)[C@@H](O[Si](C)(C)C(C)(C)C)C1OC(=O)CCC(=O)NC. The molecule has 28 heteroatoms. The fourth-order valence-corrected chi connectivity index (χ4v) is 7.81. The van der Waals surface area contributed by atoms with E-state index in [2.05, 4.69) is 15.6 Å². The van der Waals surface area contributed by atoms with Crippen LogP contribution in [0.4, 0.5) is 39.5 Å². The quantitative estimate of drug-likeness (QED) is 0.0505. The first kappa shape index (κ1) is 59.1. The average molecular weight is 1010 g/mol. The highest BCUT2D eigenvalue weighted by atomic mass is 28.4. The Kier molecular flexibility index (Phi) is 21.8. The molecule has 0 bridgehead atoms. The van der Waals surface area contributed by atoms with Crippen molar-refractivity contribution in [2.45, 2.75) is 147 Å². The molecule has 0 aromatic carbocycles. The van der Waals surface area contributed by atoms with Crippen LogP contribution in [0, 0.1) is 0 Å². The third-order valence-corrected chi connectivity index (χ3v) is 15.7. The van der Waals surface area contributed by atoms with Crippen LogP contribution in [-0.4, -0.2) is 146 Å². The van der Waals surface area contributed by atoms with Crippen LogP contribution in [0.25, 0.3) is 0 Å². The molecule has 1 fully saturated rings. The number of unbranched alkanes of at least 4 members (excludes halogenated alkanes) is 1. The maximum Gasteiger partial charge on any atom is 0.471 e. The maximum absolute atomic E-state index is 13.4.